The summed E-state index contributed by atoms with van der Waals surface area (Å²) < 4.78 is 42.9. The fourth-order valence-electron chi connectivity index (χ4n) is 3.03. The SMILES string of the molecule is O=CN1C[C@@H]2C[C@H](Oc3ccc(C(F)(F)F)cn3)[C@H]1C2. The number of fused-ring (bicyclic) bond motifs is 2. The molecule has 0 radical (unpaired) electrons. The van der Waals surface area contributed by atoms with E-state index in [1.54, 1.807) is 4.90 Å². The fourth-order valence-corrected chi connectivity index (χ4v) is 3.03. The van der Waals surface area contributed by atoms with Crippen LogP contribution in [-0.2, 0) is 11.0 Å². The molecule has 3 rings (SSSR count). The highest BCUT2D eigenvalue weighted by Crippen LogP contribution is 2.39. The highest BCUT2D eigenvalue weighted by atomic mass is 19.4. The van der Waals surface area contributed by atoms with Crippen molar-refractivity contribution < 1.29 is 22.7 Å². The molecule has 1 aromatic heterocycles. The quantitative estimate of drug-likeness (QED) is 0.799. The molecule has 0 unspecified atom stereocenters. The molecule has 1 saturated carbocycles. The molecule has 20 heavy (non-hydrogen) atoms. The van der Waals surface area contributed by atoms with Crippen molar-refractivity contribution in [3.8, 4) is 5.88 Å². The molecule has 108 valence electrons. The average Bonchev–Trinajstić information content (AvgIpc) is 2.97. The maximum Gasteiger partial charge on any atom is 0.417 e. The number of hydrogen-bond donors (Lipinski definition) is 0. The Hall–Kier alpha value is -1.79. The number of rotatable bonds is 3. The summed E-state index contributed by atoms with van der Waals surface area (Å²) in [4.78, 5) is 16.3. The third-order valence-electron chi connectivity index (χ3n) is 3.94. The van der Waals surface area contributed by atoms with Crippen LogP contribution in [0.1, 0.15) is 18.4 Å². The van der Waals surface area contributed by atoms with E-state index in [0.29, 0.717) is 5.92 Å². The van der Waals surface area contributed by atoms with E-state index >= 15 is 0 Å². The van der Waals surface area contributed by atoms with Gasteiger partial charge in [-0.2, -0.15) is 13.2 Å². The van der Waals surface area contributed by atoms with Gasteiger partial charge < -0.3 is 9.64 Å². The van der Waals surface area contributed by atoms with Crippen molar-refractivity contribution in [2.75, 3.05) is 6.54 Å². The summed E-state index contributed by atoms with van der Waals surface area (Å²) in [5.41, 5.74) is -0.799. The summed E-state index contributed by atoms with van der Waals surface area (Å²) in [6.45, 7) is 0.745. The van der Waals surface area contributed by atoms with Gasteiger partial charge in [0, 0.05) is 18.8 Å². The zero-order valence-corrected chi connectivity index (χ0v) is 10.5. The fraction of sp³-hybridized carbons (Fsp3) is 0.538. The van der Waals surface area contributed by atoms with E-state index in [1.165, 1.54) is 6.07 Å². The number of piperidine rings is 1. The number of aromatic nitrogens is 1. The van der Waals surface area contributed by atoms with Crippen LogP contribution < -0.4 is 4.74 Å². The molecule has 0 N–H and O–H groups in total. The van der Waals surface area contributed by atoms with E-state index in [9.17, 15) is 18.0 Å². The molecule has 2 heterocycles. The summed E-state index contributed by atoms with van der Waals surface area (Å²) in [7, 11) is 0. The lowest BCUT2D eigenvalue weighted by atomic mass is 10.1. The van der Waals surface area contributed by atoms with Gasteiger partial charge in [-0.1, -0.05) is 0 Å². The van der Waals surface area contributed by atoms with Gasteiger partial charge in [0.05, 0.1) is 11.6 Å². The zero-order chi connectivity index (χ0) is 14.3. The molecule has 2 fully saturated rings. The smallest absolute Gasteiger partial charge is 0.417 e. The molecule has 7 heteroatoms. The Labute approximate surface area is 113 Å². The van der Waals surface area contributed by atoms with E-state index < -0.39 is 11.7 Å². The lowest BCUT2D eigenvalue weighted by molar-refractivity contribution is -0.137. The maximum absolute atomic E-state index is 12.4. The molecule has 1 aromatic rings. The van der Waals surface area contributed by atoms with Crippen LogP contribution in [0.25, 0.3) is 0 Å². The number of carbonyl (C=O) groups is 1. The van der Waals surface area contributed by atoms with Crippen LogP contribution in [-0.4, -0.2) is 35.0 Å². The van der Waals surface area contributed by atoms with E-state index in [1.807, 2.05) is 0 Å². The predicted octanol–water partition coefficient (Wildman–Crippen LogP) is 2.10. The normalized spacial score (nSPS) is 28.8. The maximum atomic E-state index is 12.4. The van der Waals surface area contributed by atoms with Gasteiger partial charge in [-0.3, -0.25) is 4.79 Å². The van der Waals surface area contributed by atoms with Crippen molar-refractivity contribution in [3.63, 3.8) is 0 Å². The van der Waals surface area contributed by atoms with Gasteiger partial charge in [0.25, 0.3) is 0 Å². The summed E-state index contributed by atoms with van der Waals surface area (Å²) in [5.74, 6) is 0.589. The van der Waals surface area contributed by atoms with Gasteiger partial charge in [-0.05, 0) is 24.8 Å². The lowest BCUT2D eigenvalue weighted by Gasteiger charge is -2.30. The monoisotopic (exact) mass is 286 g/mol. The molecule has 1 amide bonds. The minimum Gasteiger partial charge on any atom is -0.472 e. The van der Waals surface area contributed by atoms with Crippen molar-refractivity contribution >= 4 is 6.41 Å². The second kappa shape index (κ2) is 4.64. The summed E-state index contributed by atoms with van der Waals surface area (Å²) >= 11 is 0. The zero-order valence-electron chi connectivity index (χ0n) is 10.5. The number of nitrogens with zero attached hydrogens (tertiary/aromatic N) is 2. The Morgan fingerprint density at radius 1 is 1.35 bits per heavy atom. The van der Waals surface area contributed by atoms with Crippen LogP contribution >= 0.6 is 0 Å². The van der Waals surface area contributed by atoms with Crippen molar-refractivity contribution in [2.24, 2.45) is 5.92 Å². The number of ether oxygens (including phenoxy) is 1. The van der Waals surface area contributed by atoms with Gasteiger partial charge in [-0.15, -0.1) is 0 Å². The minimum absolute atomic E-state index is 0.0154. The Bertz CT molecular complexity index is 503. The minimum atomic E-state index is -4.40. The summed E-state index contributed by atoms with van der Waals surface area (Å²) in [6, 6.07) is 2.19. The van der Waals surface area contributed by atoms with E-state index in [0.717, 1.165) is 38.1 Å². The van der Waals surface area contributed by atoms with Crippen molar-refractivity contribution in [3.05, 3.63) is 23.9 Å². The molecule has 1 saturated heterocycles. The summed E-state index contributed by atoms with van der Waals surface area (Å²) in [6.07, 6.45) is -1.29. The van der Waals surface area contributed by atoms with Gasteiger partial charge in [0.15, 0.2) is 0 Å². The third kappa shape index (κ3) is 2.32. The number of likely N-dealkylation sites (tertiary alicyclic amines) is 1. The molecule has 4 nitrogen and oxygen atoms in total. The highest BCUT2D eigenvalue weighted by molar-refractivity contribution is 5.49. The first kappa shape index (κ1) is 13.2. The molecule has 1 aliphatic carbocycles. The van der Waals surface area contributed by atoms with E-state index in [4.69, 9.17) is 4.74 Å². The Balaban J connectivity index is 1.68. The van der Waals surface area contributed by atoms with Gasteiger partial charge in [0.1, 0.15) is 6.10 Å². The average molecular weight is 286 g/mol. The molecule has 1 aliphatic heterocycles. The van der Waals surface area contributed by atoms with E-state index in [2.05, 4.69) is 4.98 Å². The topological polar surface area (TPSA) is 42.4 Å². The first-order chi connectivity index (χ1) is 9.47. The Morgan fingerprint density at radius 3 is 2.70 bits per heavy atom. The number of halogens is 3. The van der Waals surface area contributed by atoms with Gasteiger partial charge >= 0.3 is 6.18 Å². The lowest BCUT2D eigenvalue weighted by Crippen LogP contribution is -2.43. The van der Waals surface area contributed by atoms with Crippen LogP contribution in [0.2, 0.25) is 0 Å². The second-order valence-corrected chi connectivity index (χ2v) is 5.25. The largest absolute Gasteiger partial charge is 0.472 e. The van der Waals surface area contributed by atoms with Crippen LogP contribution in [0, 0.1) is 5.92 Å². The third-order valence-corrected chi connectivity index (χ3v) is 3.94. The molecule has 0 spiro atoms. The molecule has 2 aliphatic rings. The summed E-state index contributed by atoms with van der Waals surface area (Å²) in [5, 5.41) is 0. The van der Waals surface area contributed by atoms with Gasteiger partial charge in [-0.25, -0.2) is 4.98 Å². The van der Waals surface area contributed by atoms with Crippen molar-refractivity contribution in [2.45, 2.75) is 31.2 Å². The Kier molecular flexibility index (Phi) is 3.07. The number of alkyl halides is 3. The highest BCUT2D eigenvalue weighted by Gasteiger charge is 2.46. The predicted molar refractivity (Wildman–Crippen MR) is 62.9 cm³/mol. The molecular formula is C13H13F3N2O2. The first-order valence-corrected chi connectivity index (χ1v) is 6.38. The number of carbonyl (C=O) groups excluding carboxylic acids is 1. The van der Waals surface area contributed by atoms with Crippen molar-refractivity contribution in [1.82, 2.24) is 9.88 Å². The first-order valence-electron chi connectivity index (χ1n) is 6.38. The van der Waals surface area contributed by atoms with Gasteiger partial charge in [0.2, 0.25) is 12.3 Å². The standard InChI is InChI=1S/C13H13F3N2O2/c14-13(15,16)9-1-2-12(17-5-9)20-11-4-8-3-10(11)18(6-8)7-19/h1-2,5,7-8,10-11H,3-4,6H2/t8-,10+,11-/m0/s1. The van der Waals surface area contributed by atoms with Crippen LogP contribution in [0.4, 0.5) is 13.2 Å². The van der Waals surface area contributed by atoms with Crippen LogP contribution in [0.3, 0.4) is 0 Å². The molecule has 0 aromatic carbocycles. The number of amides is 1. The van der Waals surface area contributed by atoms with Crippen LogP contribution in [0.5, 0.6) is 5.88 Å². The number of pyridine rings is 1. The van der Waals surface area contributed by atoms with Crippen LogP contribution in [0.15, 0.2) is 18.3 Å². The second-order valence-electron chi connectivity index (χ2n) is 5.25. The molecule has 3 atom stereocenters. The molecule has 2 bridgehead atoms. The molecular weight excluding hydrogens is 273 g/mol. The Morgan fingerprint density at radius 2 is 2.15 bits per heavy atom. The van der Waals surface area contributed by atoms with E-state index in [-0.39, 0.29) is 18.0 Å². The number of hydrogen-bond acceptors (Lipinski definition) is 3. The van der Waals surface area contributed by atoms with Crippen molar-refractivity contribution in [1.29, 1.82) is 0 Å².